The number of aryl methyl sites for hydroxylation is 1. The molecule has 9 heteroatoms. The highest BCUT2D eigenvalue weighted by Gasteiger charge is 2.22. The number of nitrogens with one attached hydrogen (secondary N) is 2. The van der Waals surface area contributed by atoms with Crippen LogP contribution in [0.2, 0.25) is 0 Å². The number of benzene rings is 2. The summed E-state index contributed by atoms with van der Waals surface area (Å²) >= 11 is 1.98. The Hall–Kier alpha value is -1.98. The molecule has 156 valence electrons. The van der Waals surface area contributed by atoms with Gasteiger partial charge in [0, 0.05) is 12.1 Å². The lowest BCUT2D eigenvalue weighted by atomic mass is 10.0. The van der Waals surface area contributed by atoms with E-state index in [0.29, 0.717) is 17.7 Å². The average Bonchev–Trinajstić information content (AvgIpc) is 2.68. The number of ketones is 1. The van der Waals surface area contributed by atoms with Gasteiger partial charge in [-0.25, -0.2) is 17.9 Å². The minimum absolute atomic E-state index is 0.114. The second-order valence-electron chi connectivity index (χ2n) is 6.22. The molecule has 29 heavy (non-hydrogen) atoms. The highest BCUT2D eigenvalue weighted by Crippen LogP contribution is 2.22. The van der Waals surface area contributed by atoms with Crippen LogP contribution in [0.15, 0.2) is 53.4 Å². The zero-order valence-electron chi connectivity index (χ0n) is 16.1. The molecule has 1 atom stereocenters. The van der Waals surface area contributed by atoms with Crippen molar-refractivity contribution in [2.45, 2.75) is 29.1 Å². The van der Waals surface area contributed by atoms with Crippen LogP contribution in [0.5, 0.6) is 0 Å². The van der Waals surface area contributed by atoms with E-state index in [2.05, 4.69) is 10.0 Å². The van der Waals surface area contributed by atoms with Gasteiger partial charge in [0.05, 0.1) is 21.1 Å². The molecule has 2 aromatic rings. The third-order valence-electron chi connectivity index (χ3n) is 4.01. The number of halogens is 1. The standard InChI is InChI=1S/C20H23IN2O5S/c1-3-28-20(25)23-18-7-5-4-6-16(18)19(24)17(21)12-13-22-29(26,27)15-10-8-14(2)9-11-15/h4-11,17,22H,3,12-13H2,1-2H3,(H,23,25). The molecule has 1 amide bonds. The van der Waals surface area contributed by atoms with E-state index >= 15 is 0 Å². The van der Waals surface area contributed by atoms with Gasteiger partial charge in [0.15, 0.2) is 5.78 Å². The molecule has 0 saturated carbocycles. The number of hydrogen-bond acceptors (Lipinski definition) is 5. The van der Waals surface area contributed by atoms with Crippen molar-refractivity contribution in [1.29, 1.82) is 0 Å². The van der Waals surface area contributed by atoms with Crippen molar-refractivity contribution < 1.29 is 22.7 Å². The van der Waals surface area contributed by atoms with E-state index in [9.17, 15) is 18.0 Å². The van der Waals surface area contributed by atoms with E-state index in [0.717, 1.165) is 5.56 Å². The fourth-order valence-electron chi connectivity index (χ4n) is 2.50. The molecule has 2 aromatic carbocycles. The lowest BCUT2D eigenvalue weighted by molar-refractivity contribution is 0.0992. The lowest BCUT2D eigenvalue weighted by Crippen LogP contribution is -2.28. The summed E-state index contributed by atoms with van der Waals surface area (Å²) in [7, 11) is -3.63. The van der Waals surface area contributed by atoms with E-state index in [-0.39, 0.29) is 23.8 Å². The van der Waals surface area contributed by atoms with Crippen molar-refractivity contribution in [2.75, 3.05) is 18.5 Å². The molecule has 2 rings (SSSR count). The molecule has 1 unspecified atom stereocenters. The number of sulfonamides is 1. The average molecular weight is 530 g/mol. The summed E-state index contributed by atoms with van der Waals surface area (Å²) in [4.78, 5) is 24.6. The summed E-state index contributed by atoms with van der Waals surface area (Å²) in [5.41, 5.74) is 1.68. The first kappa shape index (κ1) is 23.3. The highest BCUT2D eigenvalue weighted by molar-refractivity contribution is 14.1. The SMILES string of the molecule is CCOC(=O)Nc1ccccc1C(=O)C(I)CCNS(=O)(=O)c1ccc(C)cc1. The second-order valence-corrected chi connectivity index (χ2v) is 9.49. The van der Waals surface area contributed by atoms with Crippen molar-refractivity contribution in [1.82, 2.24) is 4.72 Å². The fraction of sp³-hybridized carbons (Fsp3) is 0.300. The van der Waals surface area contributed by atoms with Crippen LogP contribution in [0.4, 0.5) is 10.5 Å². The number of carbonyl (C=O) groups is 2. The molecule has 0 heterocycles. The van der Waals surface area contributed by atoms with E-state index in [1.165, 1.54) is 0 Å². The molecule has 0 aromatic heterocycles. The molecule has 0 aliphatic carbocycles. The minimum Gasteiger partial charge on any atom is -0.450 e. The molecule has 0 aliphatic heterocycles. The van der Waals surface area contributed by atoms with Crippen LogP contribution in [0.3, 0.4) is 0 Å². The van der Waals surface area contributed by atoms with Crippen LogP contribution in [0, 0.1) is 6.92 Å². The maximum Gasteiger partial charge on any atom is 0.411 e. The molecule has 0 spiro atoms. The molecule has 7 nitrogen and oxygen atoms in total. The number of carbonyl (C=O) groups excluding carboxylic acids is 2. The van der Waals surface area contributed by atoms with Gasteiger partial charge in [-0.05, 0) is 44.5 Å². The molecule has 2 N–H and O–H groups in total. The quantitative estimate of drug-likeness (QED) is 0.291. The van der Waals surface area contributed by atoms with Crippen LogP contribution >= 0.6 is 22.6 Å². The number of anilines is 1. The fourth-order valence-corrected chi connectivity index (χ4v) is 4.20. The number of hydrogen-bond donors (Lipinski definition) is 2. The minimum atomic E-state index is -3.63. The molecule has 0 aliphatic rings. The monoisotopic (exact) mass is 530 g/mol. The first-order valence-electron chi connectivity index (χ1n) is 9.02. The van der Waals surface area contributed by atoms with Crippen molar-refractivity contribution in [2.24, 2.45) is 0 Å². The maximum absolute atomic E-state index is 12.8. The first-order valence-corrected chi connectivity index (χ1v) is 11.7. The Morgan fingerprint density at radius 2 is 1.76 bits per heavy atom. The van der Waals surface area contributed by atoms with Crippen LogP contribution in [0.1, 0.15) is 29.3 Å². The van der Waals surface area contributed by atoms with E-state index in [1.807, 2.05) is 29.5 Å². The van der Waals surface area contributed by atoms with Gasteiger partial charge in [-0.3, -0.25) is 10.1 Å². The third kappa shape index (κ3) is 6.79. The van der Waals surface area contributed by atoms with Crippen LogP contribution < -0.4 is 10.0 Å². The Morgan fingerprint density at radius 1 is 1.10 bits per heavy atom. The van der Waals surface area contributed by atoms with Crippen molar-refractivity contribution >= 4 is 50.2 Å². The van der Waals surface area contributed by atoms with Gasteiger partial charge in [-0.2, -0.15) is 0 Å². The lowest BCUT2D eigenvalue weighted by Gasteiger charge is -2.14. The number of alkyl halides is 1. The van der Waals surface area contributed by atoms with Crippen molar-refractivity contribution in [3.63, 3.8) is 0 Å². The molecular weight excluding hydrogens is 507 g/mol. The van der Waals surface area contributed by atoms with Gasteiger partial charge in [-0.1, -0.05) is 52.4 Å². The van der Waals surface area contributed by atoms with Gasteiger partial charge >= 0.3 is 6.09 Å². The van der Waals surface area contributed by atoms with Crippen molar-refractivity contribution in [3.8, 4) is 0 Å². The summed E-state index contributed by atoms with van der Waals surface area (Å²) in [6.45, 7) is 3.90. The number of para-hydroxylation sites is 1. The zero-order chi connectivity index (χ0) is 21.4. The maximum atomic E-state index is 12.8. The normalized spacial score (nSPS) is 12.2. The summed E-state index contributed by atoms with van der Waals surface area (Å²) in [5.74, 6) is -0.201. The van der Waals surface area contributed by atoms with Gasteiger partial charge < -0.3 is 4.74 Å². The smallest absolute Gasteiger partial charge is 0.411 e. The molecule has 0 saturated heterocycles. The van der Waals surface area contributed by atoms with Gasteiger partial charge in [-0.15, -0.1) is 0 Å². The molecular formula is C20H23IN2O5S. The van der Waals surface area contributed by atoms with E-state index in [1.54, 1.807) is 55.5 Å². The summed E-state index contributed by atoms with van der Waals surface area (Å²) in [5, 5.41) is 2.56. The van der Waals surface area contributed by atoms with Gasteiger partial charge in [0.1, 0.15) is 0 Å². The topological polar surface area (TPSA) is 102 Å². The van der Waals surface area contributed by atoms with Crippen LogP contribution in [-0.4, -0.2) is 37.4 Å². The number of ether oxygens (including phenoxy) is 1. The molecule has 0 bridgehead atoms. The summed E-state index contributed by atoms with van der Waals surface area (Å²) in [6.07, 6.45) is -0.332. The Kier molecular flexibility index (Phi) is 8.60. The molecule has 0 fully saturated rings. The Bertz CT molecular complexity index is 961. The number of rotatable bonds is 9. The predicted octanol–water partition coefficient (Wildman–Crippen LogP) is 3.92. The number of amides is 1. The number of Topliss-reactive ketones (excluding diaryl/α,β-unsaturated/α-hetero) is 1. The largest absolute Gasteiger partial charge is 0.450 e. The Morgan fingerprint density at radius 3 is 2.41 bits per heavy atom. The summed E-state index contributed by atoms with van der Waals surface area (Å²) < 4.78 is 31.6. The van der Waals surface area contributed by atoms with E-state index < -0.39 is 20.0 Å². The summed E-state index contributed by atoms with van der Waals surface area (Å²) in [6, 6.07) is 13.2. The Balaban J connectivity index is 1.99. The van der Waals surface area contributed by atoms with Gasteiger partial charge in [0.25, 0.3) is 0 Å². The van der Waals surface area contributed by atoms with Gasteiger partial charge in [0.2, 0.25) is 10.0 Å². The third-order valence-corrected chi connectivity index (χ3v) is 6.68. The van der Waals surface area contributed by atoms with Crippen LogP contribution in [-0.2, 0) is 14.8 Å². The second kappa shape index (κ2) is 10.7. The van der Waals surface area contributed by atoms with Crippen molar-refractivity contribution in [3.05, 3.63) is 59.7 Å². The highest BCUT2D eigenvalue weighted by atomic mass is 127. The predicted molar refractivity (Wildman–Crippen MR) is 120 cm³/mol. The van der Waals surface area contributed by atoms with E-state index in [4.69, 9.17) is 4.74 Å². The Labute approximate surface area is 184 Å². The van der Waals surface area contributed by atoms with Crippen LogP contribution in [0.25, 0.3) is 0 Å². The zero-order valence-corrected chi connectivity index (χ0v) is 19.1. The molecule has 0 radical (unpaired) electrons. The first-order chi connectivity index (χ1) is 13.7.